The summed E-state index contributed by atoms with van der Waals surface area (Å²) in [5, 5.41) is 0. The Kier molecular flexibility index (Phi) is 32.8. The van der Waals surface area contributed by atoms with Crippen molar-refractivity contribution in [2.75, 3.05) is 0 Å². The molecule has 0 spiro atoms. The molecule has 0 radical (unpaired) electrons. The van der Waals surface area contributed by atoms with Gasteiger partial charge < -0.3 is 4.55 Å². The summed E-state index contributed by atoms with van der Waals surface area (Å²) in [6.07, 6.45) is 41.5. The molecule has 1 aromatic rings. The van der Waals surface area contributed by atoms with Gasteiger partial charge in [0.2, 0.25) is 0 Å². The summed E-state index contributed by atoms with van der Waals surface area (Å²) in [4.78, 5) is 0.0290. The third-order valence-electron chi connectivity index (χ3n) is 9.58. The van der Waals surface area contributed by atoms with E-state index in [1.165, 1.54) is 179 Å². The van der Waals surface area contributed by atoms with E-state index in [1.54, 1.807) is 6.07 Å². The summed E-state index contributed by atoms with van der Waals surface area (Å²) in [7, 11) is -4.44. The molecule has 0 atom stereocenters. The van der Waals surface area contributed by atoms with Crippen LogP contribution in [-0.2, 0) is 23.0 Å². The number of unbranched alkanes of at least 4 members (excludes halogenated alkanes) is 28. The van der Waals surface area contributed by atoms with Crippen molar-refractivity contribution < 1.29 is 42.5 Å². The molecule has 0 aliphatic heterocycles. The molecule has 0 saturated carbocycles. The Labute approximate surface area is 304 Å². The number of hydrogen-bond donors (Lipinski definition) is 0. The average molecular weight is 657 g/mol. The largest absolute Gasteiger partial charge is 1.00 e. The van der Waals surface area contributed by atoms with Gasteiger partial charge in [-0.3, -0.25) is 0 Å². The van der Waals surface area contributed by atoms with Crippen molar-refractivity contribution in [3.05, 3.63) is 29.3 Å². The maximum Gasteiger partial charge on any atom is 1.00 e. The van der Waals surface area contributed by atoms with Crippen molar-refractivity contribution in [1.82, 2.24) is 0 Å². The van der Waals surface area contributed by atoms with E-state index in [2.05, 4.69) is 19.9 Å². The van der Waals surface area contributed by atoms with Gasteiger partial charge in [0.15, 0.2) is 0 Å². The normalized spacial score (nSPS) is 11.6. The predicted molar refractivity (Wildman–Crippen MR) is 192 cm³/mol. The van der Waals surface area contributed by atoms with Crippen LogP contribution in [0.1, 0.15) is 218 Å². The fraction of sp³-hybridized carbons (Fsp3) is 0.850. The van der Waals surface area contributed by atoms with Crippen LogP contribution >= 0.6 is 0 Å². The van der Waals surface area contributed by atoms with Crippen LogP contribution in [0.15, 0.2) is 23.1 Å². The monoisotopic (exact) mass is 657 g/mol. The molecule has 0 unspecified atom stereocenters. The molecule has 0 aliphatic rings. The van der Waals surface area contributed by atoms with Gasteiger partial charge in [0, 0.05) is 0 Å². The second-order valence-corrected chi connectivity index (χ2v) is 15.1. The molecular formula is C40H73NaO3S. The summed E-state index contributed by atoms with van der Waals surface area (Å²) < 4.78 is 36.1. The number of aryl methyl sites for hydroxylation is 1. The van der Waals surface area contributed by atoms with Gasteiger partial charge in [-0.15, -0.1) is 0 Å². The van der Waals surface area contributed by atoms with Gasteiger partial charge in [0.1, 0.15) is 10.1 Å². The fourth-order valence-corrected chi connectivity index (χ4v) is 7.50. The minimum Gasteiger partial charge on any atom is -0.744 e. The van der Waals surface area contributed by atoms with E-state index in [9.17, 15) is 13.0 Å². The van der Waals surface area contributed by atoms with Crippen LogP contribution in [0.25, 0.3) is 0 Å². The molecule has 0 saturated heterocycles. The minimum atomic E-state index is -4.44. The van der Waals surface area contributed by atoms with Crippen molar-refractivity contribution >= 4 is 10.1 Å². The molecule has 0 fully saturated rings. The molecule has 258 valence electrons. The molecule has 5 heteroatoms. The van der Waals surface area contributed by atoms with Gasteiger partial charge in [-0.25, -0.2) is 8.42 Å². The first-order valence-electron chi connectivity index (χ1n) is 19.6. The Bertz CT molecular complexity index is 870. The number of hydrogen-bond acceptors (Lipinski definition) is 3. The molecule has 0 aromatic heterocycles. The molecule has 0 aliphatic carbocycles. The van der Waals surface area contributed by atoms with Crippen molar-refractivity contribution in [2.24, 2.45) is 0 Å². The standard InChI is InChI=1S/C40H74O3S.Na/c1-3-5-7-9-11-13-15-17-19-21-23-25-27-29-31-34-38-35-33-37-40(44(41,42)43)39(38)36-32-30-28-26-24-22-20-18-16-14-12-10-8-6-4-2;/h33,35,37H,3-32,34,36H2,1-2H3,(H,41,42,43);/q;+1/p-1. The molecule has 0 heterocycles. The first-order chi connectivity index (χ1) is 21.5. The van der Waals surface area contributed by atoms with Crippen LogP contribution in [0.3, 0.4) is 0 Å². The van der Waals surface area contributed by atoms with Crippen LogP contribution in [0.4, 0.5) is 0 Å². The summed E-state index contributed by atoms with van der Waals surface area (Å²) in [6, 6.07) is 5.35. The van der Waals surface area contributed by atoms with E-state index in [-0.39, 0.29) is 34.5 Å². The molecule has 0 N–H and O–H groups in total. The minimum absolute atomic E-state index is 0. The molecule has 0 amide bonds. The third kappa shape index (κ3) is 26.7. The van der Waals surface area contributed by atoms with Gasteiger partial charge >= 0.3 is 29.6 Å². The third-order valence-corrected chi connectivity index (χ3v) is 10.5. The van der Waals surface area contributed by atoms with E-state index in [4.69, 9.17) is 0 Å². The van der Waals surface area contributed by atoms with Crippen molar-refractivity contribution in [1.29, 1.82) is 0 Å². The SMILES string of the molecule is CCCCCCCCCCCCCCCCCc1cccc(S(=O)(=O)[O-])c1CCCCCCCCCCCCCCCCC.[Na+]. The Morgan fingerprint density at radius 2 is 0.733 bits per heavy atom. The quantitative estimate of drug-likeness (QED) is 0.0430. The number of rotatable bonds is 33. The maximum absolute atomic E-state index is 12.0. The van der Waals surface area contributed by atoms with Crippen LogP contribution < -0.4 is 29.6 Å². The first-order valence-corrected chi connectivity index (χ1v) is 21.0. The van der Waals surface area contributed by atoms with Crippen LogP contribution in [0.2, 0.25) is 0 Å². The van der Waals surface area contributed by atoms with Gasteiger partial charge in [-0.2, -0.15) is 0 Å². The Morgan fingerprint density at radius 3 is 1.04 bits per heavy atom. The average Bonchev–Trinajstić information content (AvgIpc) is 3.00. The van der Waals surface area contributed by atoms with Gasteiger partial charge in [-0.05, 0) is 42.9 Å². The summed E-state index contributed by atoms with van der Waals surface area (Å²) in [5.74, 6) is 0. The zero-order chi connectivity index (χ0) is 32.0. The predicted octanol–water partition coefficient (Wildman–Crippen LogP) is 10.4. The zero-order valence-electron chi connectivity index (χ0n) is 30.5. The molecule has 1 rings (SSSR count). The van der Waals surface area contributed by atoms with Crippen LogP contribution in [0.5, 0.6) is 0 Å². The molecular weight excluding hydrogens is 583 g/mol. The Morgan fingerprint density at radius 1 is 0.444 bits per heavy atom. The Hall–Kier alpha value is 0.130. The van der Waals surface area contributed by atoms with Gasteiger partial charge in [0.25, 0.3) is 0 Å². The summed E-state index contributed by atoms with van der Waals surface area (Å²) in [5.41, 5.74) is 1.89. The second-order valence-electron chi connectivity index (χ2n) is 13.7. The topological polar surface area (TPSA) is 57.2 Å². The molecule has 3 nitrogen and oxygen atoms in total. The van der Waals surface area contributed by atoms with E-state index >= 15 is 0 Å². The van der Waals surface area contributed by atoms with Crippen LogP contribution in [0, 0.1) is 0 Å². The van der Waals surface area contributed by atoms with Gasteiger partial charge in [0.05, 0.1) is 4.90 Å². The van der Waals surface area contributed by atoms with Gasteiger partial charge in [-0.1, -0.05) is 206 Å². The van der Waals surface area contributed by atoms with E-state index in [0.29, 0.717) is 6.42 Å². The zero-order valence-corrected chi connectivity index (χ0v) is 33.3. The van der Waals surface area contributed by atoms with Crippen molar-refractivity contribution in [3.8, 4) is 0 Å². The van der Waals surface area contributed by atoms with Crippen molar-refractivity contribution in [3.63, 3.8) is 0 Å². The molecule has 1 aromatic carbocycles. The molecule has 0 bridgehead atoms. The number of benzene rings is 1. The summed E-state index contributed by atoms with van der Waals surface area (Å²) in [6.45, 7) is 4.56. The molecule has 45 heavy (non-hydrogen) atoms. The van der Waals surface area contributed by atoms with Crippen molar-refractivity contribution in [2.45, 2.75) is 224 Å². The van der Waals surface area contributed by atoms with Crippen LogP contribution in [-0.4, -0.2) is 13.0 Å². The summed E-state index contributed by atoms with van der Waals surface area (Å²) >= 11 is 0. The smallest absolute Gasteiger partial charge is 0.744 e. The Balaban J connectivity index is 0.0000194. The van der Waals surface area contributed by atoms with E-state index in [0.717, 1.165) is 36.8 Å². The van der Waals surface area contributed by atoms with E-state index < -0.39 is 10.1 Å². The maximum atomic E-state index is 12.0. The second kappa shape index (κ2) is 32.7. The fourth-order valence-electron chi connectivity index (χ4n) is 6.72. The first kappa shape index (κ1) is 45.1. The van der Waals surface area contributed by atoms with E-state index in [1.807, 2.05) is 0 Å².